The number of rotatable bonds is 7. The fraction of sp³-hybridized carbons (Fsp3) is 0.207. The third-order valence-corrected chi connectivity index (χ3v) is 8.40. The third kappa shape index (κ3) is 6.06. The van der Waals surface area contributed by atoms with Crippen LogP contribution >= 0.6 is 11.6 Å². The summed E-state index contributed by atoms with van der Waals surface area (Å²) in [6, 6.07) is 19.7. The average molecular weight is 595 g/mol. The number of carbonyl (C=O) groups excluding carboxylic acids is 2. The van der Waals surface area contributed by atoms with Crippen molar-refractivity contribution in [2.75, 3.05) is 42.7 Å². The molecule has 41 heavy (non-hydrogen) atoms. The first-order valence-electron chi connectivity index (χ1n) is 12.8. The minimum absolute atomic E-state index is 0.0140. The lowest BCUT2D eigenvalue weighted by Crippen LogP contribution is -2.50. The molecular formula is C29H27ClN4O6S. The van der Waals surface area contributed by atoms with Gasteiger partial charge in [0.2, 0.25) is 5.91 Å². The van der Waals surface area contributed by atoms with Crippen LogP contribution in [0.1, 0.15) is 20.8 Å². The van der Waals surface area contributed by atoms with Crippen LogP contribution in [0.5, 0.6) is 0 Å². The van der Waals surface area contributed by atoms with Gasteiger partial charge in [-0.05, 0) is 60.7 Å². The lowest BCUT2D eigenvalue weighted by atomic mass is 10.1. The smallest absolute Gasteiger partial charge is 0.352 e. The van der Waals surface area contributed by atoms with Crippen molar-refractivity contribution in [3.8, 4) is 0 Å². The highest BCUT2D eigenvalue weighted by Gasteiger charge is 2.26. The van der Waals surface area contributed by atoms with Gasteiger partial charge in [-0.1, -0.05) is 23.7 Å². The molecular weight excluding hydrogens is 568 g/mol. The molecule has 0 spiro atoms. The largest absolute Gasteiger partial charge is 0.477 e. The Morgan fingerprint density at radius 1 is 0.927 bits per heavy atom. The van der Waals surface area contributed by atoms with Crippen LogP contribution in [0.2, 0.25) is 5.02 Å². The number of carbonyl (C=O) groups is 3. The van der Waals surface area contributed by atoms with Crippen molar-refractivity contribution in [2.45, 2.75) is 11.4 Å². The summed E-state index contributed by atoms with van der Waals surface area (Å²) in [4.78, 5) is 42.1. The van der Waals surface area contributed by atoms with E-state index in [1.807, 2.05) is 17.0 Å². The zero-order valence-corrected chi connectivity index (χ0v) is 23.7. The van der Waals surface area contributed by atoms with E-state index < -0.39 is 15.8 Å². The summed E-state index contributed by atoms with van der Waals surface area (Å²) in [5, 5.41) is 13.6. The molecule has 0 aliphatic carbocycles. The van der Waals surface area contributed by atoms with E-state index in [0.29, 0.717) is 59.0 Å². The summed E-state index contributed by atoms with van der Waals surface area (Å²) < 4.78 is 24.9. The lowest BCUT2D eigenvalue weighted by molar-refractivity contribution is -0.132. The molecule has 1 aromatic heterocycles. The highest BCUT2D eigenvalue weighted by atomic mass is 35.5. The number of hydrogen-bond acceptors (Lipinski definition) is 6. The van der Waals surface area contributed by atoms with Crippen LogP contribution in [-0.4, -0.2) is 73.2 Å². The number of anilines is 2. The second kappa shape index (κ2) is 11.3. The van der Waals surface area contributed by atoms with Crippen LogP contribution in [0.15, 0.2) is 77.7 Å². The maximum atomic E-state index is 13.2. The first-order valence-corrected chi connectivity index (χ1v) is 15.0. The van der Waals surface area contributed by atoms with E-state index in [-0.39, 0.29) is 28.9 Å². The Hall–Kier alpha value is -4.35. The summed E-state index contributed by atoms with van der Waals surface area (Å²) in [5.41, 5.74) is 2.26. The molecule has 10 nitrogen and oxygen atoms in total. The molecule has 1 saturated heterocycles. The summed E-state index contributed by atoms with van der Waals surface area (Å²) in [5.74, 6) is -1.67. The van der Waals surface area contributed by atoms with E-state index in [1.165, 1.54) is 22.8 Å². The van der Waals surface area contributed by atoms with Crippen LogP contribution in [0.25, 0.3) is 10.9 Å². The topological polar surface area (TPSA) is 129 Å². The van der Waals surface area contributed by atoms with Gasteiger partial charge in [-0.2, -0.15) is 0 Å². The number of hydrogen-bond donors (Lipinski definition) is 2. The number of para-hydroxylation sites is 1. The Labute approximate surface area is 241 Å². The van der Waals surface area contributed by atoms with Crippen molar-refractivity contribution in [1.29, 1.82) is 0 Å². The number of amides is 2. The molecule has 12 heteroatoms. The number of aromatic carboxylic acids is 1. The van der Waals surface area contributed by atoms with E-state index in [4.69, 9.17) is 11.6 Å². The predicted molar refractivity (Wildman–Crippen MR) is 157 cm³/mol. The summed E-state index contributed by atoms with van der Waals surface area (Å²) in [7, 11) is -3.34. The fourth-order valence-electron chi connectivity index (χ4n) is 4.95. The molecule has 1 fully saturated rings. The van der Waals surface area contributed by atoms with Gasteiger partial charge in [0, 0.05) is 59.7 Å². The van der Waals surface area contributed by atoms with E-state index in [9.17, 15) is 27.9 Å². The lowest BCUT2D eigenvalue weighted by Gasteiger charge is -2.37. The number of piperazine rings is 1. The molecule has 1 aliphatic rings. The van der Waals surface area contributed by atoms with E-state index >= 15 is 0 Å². The minimum Gasteiger partial charge on any atom is -0.477 e. The molecule has 2 heterocycles. The van der Waals surface area contributed by atoms with Gasteiger partial charge in [0.15, 0.2) is 9.84 Å². The molecule has 0 atom stereocenters. The van der Waals surface area contributed by atoms with Crippen LogP contribution in [0, 0.1) is 0 Å². The van der Waals surface area contributed by atoms with Crippen LogP contribution < -0.4 is 10.2 Å². The van der Waals surface area contributed by atoms with Gasteiger partial charge < -0.3 is 24.8 Å². The normalized spacial score (nSPS) is 13.8. The van der Waals surface area contributed by atoms with Gasteiger partial charge >= 0.3 is 5.97 Å². The Balaban J connectivity index is 1.26. The molecule has 0 bridgehead atoms. The second-order valence-corrected chi connectivity index (χ2v) is 12.2. The molecule has 0 radical (unpaired) electrons. The Morgan fingerprint density at radius 3 is 2.27 bits per heavy atom. The Bertz CT molecular complexity index is 1760. The van der Waals surface area contributed by atoms with Gasteiger partial charge in [-0.15, -0.1) is 0 Å². The predicted octanol–water partition coefficient (Wildman–Crippen LogP) is 4.00. The highest BCUT2D eigenvalue weighted by molar-refractivity contribution is 7.90. The summed E-state index contributed by atoms with van der Waals surface area (Å²) >= 11 is 6.06. The van der Waals surface area contributed by atoms with Crippen molar-refractivity contribution >= 4 is 61.5 Å². The number of aromatic nitrogens is 1. The van der Waals surface area contributed by atoms with Crippen LogP contribution in [0.3, 0.4) is 0 Å². The Kier molecular flexibility index (Phi) is 7.74. The van der Waals surface area contributed by atoms with E-state index in [2.05, 4.69) is 5.32 Å². The minimum atomic E-state index is -3.34. The molecule has 2 N–H and O–H groups in total. The molecule has 212 valence electrons. The van der Waals surface area contributed by atoms with E-state index in [1.54, 1.807) is 47.4 Å². The molecule has 5 rings (SSSR count). The summed E-state index contributed by atoms with van der Waals surface area (Å²) in [6.45, 7) is 1.63. The van der Waals surface area contributed by atoms with Crippen molar-refractivity contribution in [3.05, 3.63) is 89.1 Å². The van der Waals surface area contributed by atoms with Crippen molar-refractivity contribution in [2.24, 2.45) is 0 Å². The number of nitrogens with one attached hydrogen (secondary N) is 1. The molecule has 3 aromatic carbocycles. The molecule has 2 amide bonds. The van der Waals surface area contributed by atoms with Crippen LogP contribution in [-0.2, 0) is 21.2 Å². The first kappa shape index (κ1) is 28.2. The molecule has 1 aliphatic heterocycles. The zero-order valence-electron chi connectivity index (χ0n) is 22.1. The number of halogens is 1. The van der Waals surface area contributed by atoms with E-state index in [0.717, 1.165) is 6.26 Å². The maximum Gasteiger partial charge on any atom is 0.352 e. The maximum absolute atomic E-state index is 13.2. The highest BCUT2D eigenvalue weighted by Crippen LogP contribution is 2.26. The van der Waals surface area contributed by atoms with Gasteiger partial charge in [-0.3, -0.25) is 9.59 Å². The number of nitrogens with zero attached hydrogens (tertiary/aromatic N) is 3. The number of carboxylic acids is 1. The monoisotopic (exact) mass is 594 g/mol. The SMILES string of the molecule is CS(=O)(=O)c1ccc(NC(=O)c2ccccc2N2CCN(C(=O)Cn3c(C(=O)O)cc4cc(Cl)ccc43)CC2)cc1. The Morgan fingerprint density at radius 2 is 1.61 bits per heavy atom. The van der Waals surface area contributed by atoms with Gasteiger partial charge in [0.25, 0.3) is 5.91 Å². The van der Waals surface area contributed by atoms with Crippen molar-refractivity contribution in [1.82, 2.24) is 9.47 Å². The van der Waals surface area contributed by atoms with Crippen LogP contribution in [0.4, 0.5) is 11.4 Å². The van der Waals surface area contributed by atoms with Gasteiger partial charge in [0.05, 0.1) is 10.5 Å². The zero-order chi connectivity index (χ0) is 29.3. The first-order chi connectivity index (χ1) is 19.5. The number of benzene rings is 3. The molecule has 4 aromatic rings. The number of carboxylic acid groups (broad SMARTS) is 1. The molecule has 0 unspecified atom stereocenters. The number of fused-ring (bicyclic) bond motifs is 1. The van der Waals surface area contributed by atoms with Gasteiger partial charge in [-0.25, -0.2) is 13.2 Å². The van der Waals surface area contributed by atoms with Crippen molar-refractivity contribution in [3.63, 3.8) is 0 Å². The average Bonchev–Trinajstić information content (AvgIpc) is 3.30. The second-order valence-electron chi connectivity index (χ2n) is 9.76. The standard InChI is InChI=1S/C29H27ClN4O6S/c1-41(39,40)22-9-7-21(8-10-22)31-28(36)23-4-2-3-5-25(23)32-12-14-33(15-13-32)27(35)18-34-24-11-6-20(30)16-19(24)17-26(34)29(37)38/h2-11,16-17H,12-15,18H2,1H3,(H,31,36)(H,37,38). The number of sulfone groups is 1. The van der Waals surface area contributed by atoms with Crippen molar-refractivity contribution < 1.29 is 27.9 Å². The quantitative estimate of drug-likeness (QED) is 0.331. The molecule has 0 saturated carbocycles. The third-order valence-electron chi connectivity index (χ3n) is 7.04. The summed E-state index contributed by atoms with van der Waals surface area (Å²) in [6.07, 6.45) is 1.12. The van der Waals surface area contributed by atoms with Gasteiger partial charge in [0.1, 0.15) is 12.2 Å². The fourth-order valence-corrected chi connectivity index (χ4v) is 5.76.